The van der Waals surface area contributed by atoms with E-state index in [1.165, 1.54) is 0 Å². The highest BCUT2D eigenvalue weighted by molar-refractivity contribution is 6.00. The number of hydrogen-bond donors (Lipinski definition) is 1. The molecule has 102 valence electrons. The first kappa shape index (κ1) is 13.3. The Morgan fingerprint density at radius 3 is 2.63 bits per heavy atom. The van der Waals surface area contributed by atoms with Crippen molar-refractivity contribution in [2.45, 2.75) is 13.8 Å². The van der Waals surface area contributed by atoms with Crippen molar-refractivity contribution in [2.75, 3.05) is 25.6 Å². The summed E-state index contributed by atoms with van der Waals surface area (Å²) in [4.78, 5) is 14.1. The number of nitrogen functional groups attached to an aromatic ring is 1. The number of fused-ring (bicyclic) bond motifs is 1. The number of carbonyl (C=O) groups excluding carboxylic acids is 1. The lowest BCUT2D eigenvalue weighted by molar-refractivity contribution is 0.0779. The van der Waals surface area contributed by atoms with Crippen LogP contribution < -0.4 is 15.2 Å². The molecule has 0 aliphatic carbocycles. The topological polar surface area (TPSA) is 64.8 Å². The summed E-state index contributed by atoms with van der Waals surface area (Å²) in [5.41, 5.74) is 7.67. The van der Waals surface area contributed by atoms with E-state index in [-0.39, 0.29) is 12.7 Å². The highest BCUT2D eigenvalue weighted by Crippen LogP contribution is 2.36. The van der Waals surface area contributed by atoms with Crippen LogP contribution in [0.2, 0.25) is 0 Å². The van der Waals surface area contributed by atoms with Gasteiger partial charge in [-0.15, -0.1) is 0 Å². The van der Waals surface area contributed by atoms with Crippen LogP contribution in [-0.4, -0.2) is 30.7 Å². The normalized spacial score (nSPS) is 12.3. The van der Waals surface area contributed by atoms with Crippen molar-refractivity contribution in [3.63, 3.8) is 0 Å². The molecular weight excluding hydrogens is 244 g/mol. The highest BCUT2D eigenvalue weighted by atomic mass is 16.7. The molecule has 1 aromatic carbocycles. The Morgan fingerprint density at radius 1 is 1.42 bits per heavy atom. The fraction of sp³-hybridized carbons (Fsp3) is 0.357. The summed E-state index contributed by atoms with van der Waals surface area (Å²) in [5.74, 6) is 1.02. The van der Waals surface area contributed by atoms with Gasteiger partial charge in [0.2, 0.25) is 6.79 Å². The van der Waals surface area contributed by atoms with Crippen molar-refractivity contribution in [1.29, 1.82) is 0 Å². The number of anilines is 1. The van der Waals surface area contributed by atoms with Gasteiger partial charge in [-0.3, -0.25) is 4.79 Å². The molecule has 0 spiro atoms. The van der Waals surface area contributed by atoms with Gasteiger partial charge in [0, 0.05) is 24.8 Å². The maximum atomic E-state index is 12.4. The third-order valence-electron chi connectivity index (χ3n) is 2.90. The molecule has 0 saturated carbocycles. The molecule has 1 aromatic rings. The Balaban J connectivity index is 2.30. The largest absolute Gasteiger partial charge is 0.454 e. The minimum absolute atomic E-state index is 0.124. The number of hydrogen-bond acceptors (Lipinski definition) is 4. The van der Waals surface area contributed by atoms with Crippen LogP contribution in [0, 0.1) is 0 Å². The number of rotatable bonds is 4. The van der Waals surface area contributed by atoms with E-state index < -0.39 is 0 Å². The number of carbonyl (C=O) groups is 1. The van der Waals surface area contributed by atoms with Gasteiger partial charge >= 0.3 is 0 Å². The van der Waals surface area contributed by atoms with Crippen LogP contribution in [0.1, 0.15) is 24.2 Å². The number of nitrogens with two attached hydrogens (primary N) is 1. The van der Waals surface area contributed by atoms with E-state index in [1.807, 2.05) is 13.8 Å². The smallest absolute Gasteiger partial charge is 0.256 e. The molecule has 5 heteroatoms. The van der Waals surface area contributed by atoms with E-state index in [2.05, 4.69) is 6.58 Å². The van der Waals surface area contributed by atoms with E-state index >= 15 is 0 Å². The van der Waals surface area contributed by atoms with Gasteiger partial charge in [0.1, 0.15) is 0 Å². The van der Waals surface area contributed by atoms with Crippen LogP contribution in [0.3, 0.4) is 0 Å². The second-order valence-corrected chi connectivity index (χ2v) is 4.57. The second kappa shape index (κ2) is 5.22. The zero-order valence-corrected chi connectivity index (χ0v) is 11.2. The molecule has 0 radical (unpaired) electrons. The molecule has 2 rings (SSSR count). The summed E-state index contributed by atoms with van der Waals surface area (Å²) >= 11 is 0. The Morgan fingerprint density at radius 2 is 2.05 bits per heavy atom. The molecule has 5 nitrogen and oxygen atoms in total. The quantitative estimate of drug-likeness (QED) is 0.666. The first-order valence-corrected chi connectivity index (χ1v) is 6.15. The number of likely N-dealkylation sites (N-methyl/N-ethyl adjacent to an activating group) is 1. The Hall–Kier alpha value is -2.17. The van der Waals surface area contributed by atoms with Gasteiger partial charge in [-0.1, -0.05) is 12.2 Å². The fourth-order valence-corrected chi connectivity index (χ4v) is 1.97. The number of amides is 1. The van der Waals surface area contributed by atoms with Crippen molar-refractivity contribution in [3.05, 3.63) is 29.8 Å². The second-order valence-electron chi connectivity index (χ2n) is 4.57. The SMILES string of the molecule is C=C(C)CN(CC)C(=O)c1cc2c(cc1N)OCO2. The third kappa shape index (κ3) is 2.65. The Labute approximate surface area is 112 Å². The van der Waals surface area contributed by atoms with Crippen LogP contribution in [0.25, 0.3) is 0 Å². The first-order valence-electron chi connectivity index (χ1n) is 6.15. The summed E-state index contributed by atoms with van der Waals surface area (Å²) in [6.45, 7) is 8.91. The average Bonchev–Trinajstić information content (AvgIpc) is 2.80. The van der Waals surface area contributed by atoms with E-state index in [4.69, 9.17) is 15.2 Å². The van der Waals surface area contributed by atoms with E-state index in [9.17, 15) is 4.79 Å². The van der Waals surface area contributed by atoms with Gasteiger partial charge in [0.15, 0.2) is 11.5 Å². The van der Waals surface area contributed by atoms with Gasteiger partial charge in [0.05, 0.1) is 5.56 Å². The number of ether oxygens (including phenoxy) is 2. The number of benzene rings is 1. The predicted molar refractivity (Wildman–Crippen MR) is 73.4 cm³/mol. The third-order valence-corrected chi connectivity index (χ3v) is 2.90. The molecule has 1 aliphatic heterocycles. The van der Waals surface area contributed by atoms with Crippen LogP contribution >= 0.6 is 0 Å². The molecule has 1 aliphatic rings. The zero-order chi connectivity index (χ0) is 14.0. The Bertz CT molecular complexity index is 526. The van der Waals surface area contributed by atoms with Gasteiger partial charge in [-0.25, -0.2) is 0 Å². The van der Waals surface area contributed by atoms with Gasteiger partial charge in [0.25, 0.3) is 5.91 Å². The summed E-state index contributed by atoms with van der Waals surface area (Å²) in [6.07, 6.45) is 0. The summed E-state index contributed by atoms with van der Waals surface area (Å²) in [7, 11) is 0. The molecule has 1 amide bonds. The van der Waals surface area contributed by atoms with Gasteiger partial charge in [-0.05, 0) is 19.9 Å². The molecule has 2 N–H and O–H groups in total. The van der Waals surface area contributed by atoms with Crippen LogP contribution in [-0.2, 0) is 0 Å². The van der Waals surface area contributed by atoms with Crippen LogP contribution in [0.5, 0.6) is 11.5 Å². The average molecular weight is 262 g/mol. The molecule has 0 aromatic heterocycles. The molecular formula is C14H18N2O3. The molecule has 1 heterocycles. The molecule has 0 saturated heterocycles. The molecule has 19 heavy (non-hydrogen) atoms. The zero-order valence-electron chi connectivity index (χ0n) is 11.2. The lowest BCUT2D eigenvalue weighted by Gasteiger charge is -2.21. The van der Waals surface area contributed by atoms with Gasteiger partial charge < -0.3 is 20.1 Å². The van der Waals surface area contributed by atoms with E-state index in [0.29, 0.717) is 35.8 Å². The lowest BCUT2D eigenvalue weighted by atomic mass is 10.1. The fourth-order valence-electron chi connectivity index (χ4n) is 1.97. The van der Waals surface area contributed by atoms with Crippen molar-refractivity contribution < 1.29 is 14.3 Å². The maximum absolute atomic E-state index is 12.4. The highest BCUT2D eigenvalue weighted by Gasteiger charge is 2.22. The summed E-state index contributed by atoms with van der Waals surface area (Å²) in [6, 6.07) is 3.27. The monoisotopic (exact) mass is 262 g/mol. The maximum Gasteiger partial charge on any atom is 0.256 e. The van der Waals surface area contributed by atoms with Crippen LogP contribution in [0.15, 0.2) is 24.3 Å². The van der Waals surface area contributed by atoms with Crippen molar-refractivity contribution in [3.8, 4) is 11.5 Å². The van der Waals surface area contributed by atoms with Crippen molar-refractivity contribution >= 4 is 11.6 Å². The van der Waals surface area contributed by atoms with E-state index in [0.717, 1.165) is 5.57 Å². The van der Waals surface area contributed by atoms with Gasteiger partial charge in [-0.2, -0.15) is 0 Å². The summed E-state index contributed by atoms with van der Waals surface area (Å²) in [5, 5.41) is 0. The molecule has 0 atom stereocenters. The molecule has 0 fully saturated rings. The van der Waals surface area contributed by atoms with Crippen molar-refractivity contribution in [2.24, 2.45) is 0 Å². The van der Waals surface area contributed by atoms with Crippen LogP contribution in [0.4, 0.5) is 5.69 Å². The first-order chi connectivity index (χ1) is 9.02. The lowest BCUT2D eigenvalue weighted by Crippen LogP contribution is -2.32. The van der Waals surface area contributed by atoms with Crippen molar-refractivity contribution in [1.82, 2.24) is 4.90 Å². The summed E-state index contributed by atoms with van der Waals surface area (Å²) < 4.78 is 10.5. The molecule has 0 bridgehead atoms. The number of nitrogens with zero attached hydrogens (tertiary/aromatic N) is 1. The predicted octanol–water partition coefficient (Wildman–Crippen LogP) is 2.04. The minimum Gasteiger partial charge on any atom is -0.454 e. The standard InChI is InChI=1S/C14H18N2O3/c1-4-16(7-9(2)3)14(17)10-5-12-13(6-11(10)15)19-8-18-12/h5-6H,2,4,7-8,15H2,1,3H3. The molecule has 0 unspecified atom stereocenters. The minimum atomic E-state index is -0.124. The van der Waals surface area contributed by atoms with E-state index in [1.54, 1.807) is 17.0 Å². The Kier molecular flexibility index (Phi) is 3.64.